The number of halogens is 1. The van der Waals surface area contributed by atoms with E-state index in [0.29, 0.717) is 60.2 Å². The molecule has 0 saturated carbocycles. The highest BCUT2D eigenvalue weighted by molar-refractivity contribution is 6.31. The highest BCUT2D eigenvalue weighted by Crippen LogP contribution is 2.24. The monoisotopic (exact) mass is 457 g/mol. The lowest BCUT2D eigenvalue weighted by atomic mass is 10.1. The minimum atomic E-state index is -0.245. The Kier molecular flexibility index (Phi) is 8.50. The summed E-state index contributed by atoms with van der Waals surface area (Å²) in [4.78, 5) is 39.4. The Labute approximate surface area is 193 Å². The van der Waals surface area contributed by atoms with Crippen molar-refractivity contribution in [3.63, 3.8) is 0 Å². The fourth-order valence-corrected chi connectivity index (χ4v) is 3.76. The third-order valence-corrected chi connectivity index (χ3v) is 5.41. The molecule has 1 fully saturated rings. The molecule has 0 bridgehead atoms. The summed E-state index contributed by atoms with van der Waals surface area (Å²) < 4.78 is 5.48. The van der Waals surface area contributed by atoms with Crippen LogP contribution in [0.1, 0.15) is 53.3 Å². The Morgan fingerprint density at radius 1 is 1.06 bits per heavy atom. The van der Waals surface area contributed by atoms with Crippen molar-refractivity contribution in [2.24, 2.45) is 0 Å². The number of para-hydroxylation sites is 1. The molecule has 3 rings (SSSR count). The normalized spacial score (nSPS) is 13.0. The molecule has 2 N–H and O–H groups in total. The fraction of sp³-hybridized carbons (Fsp3) is 0.375. The van der Waals surface area contributed by atoms with Gasteiger partial charge in [-0.15, -0.1) is 0 Å². The van der Waals surface area contributed by atoms with E-state index in [1.54, 1.807) is 41.3 Å². The first-order valence-corrected chi connectivity index (χ1v) is 11.3. The maximum Gasteiger partial charge on any atom is 0.256 e. The van der Waals surface area contributed by atoms with E-state index in [-0.39, 0.29) is 24.1 Å². The molecular formula is C24H28ClN3O4. The molecule has 2 aromatic carbocycles. The maximum absolute atomic E-state index is 12.8. The molecule has 3 amide bonds. The van der Waals surface area contributed by atoms with Gasteiger partial charge >= 0.3 is 0 Å². The van der Waals surface area contributed by atoms with Gasteiger partial charge in [0.2, 0.25) is 5.91 Å². The van der Waals surface area contributed by atoms with Crippen molar-refractivity contribution in [3.05, 3.63) is 58.6 Å². The molecule has 2 aromatic rings. The van der Waals surface area contributed by atoms with Crippen LogP contribution in [-0.2, 0) is 4.79 Å². The summed E-state index contributed by atoms with van der Waals surface area (Å²) in [5, 5.41) is 6.07. The predicted octanol–water partition coefficient (Wildman–Crippen LogP) is 4.12. The van der Waals surface area contributed by atoms with Gasteiger partial charge in [0.05, 0.1) is 23.4 Å². The number of likely N-dealkylation sites (tertiary alicyclic amines) is 1. The zero-order valence-corrected chi connectivity index (χ0v) is 18.9. The first-order chi connectivity index (χ1) is 15.5. The molecule has 0 aliphatic carbocycles. The third kappa shape index (κ3) is 6.23. The Morgan fingerprint density at radius 2 is 1.81 bits per heavy atom. The average molecular weight is 458 g/mol. The number of nitrogens with zero attached hydrogens (tertiary/aromatic N) is 1. The summed E-state index contributed by atoms with van der Waals surface area (Å²) in [5.41, 5.74) is 1.31. The van der Waals surface area contributed by atoms with Gasteiger partial charge in [-0.25, -0.2) is 0 Å². The number of hydrogen-bond acceptors (Lipinski definition) is 4. The lowest BCUT2D eigenvalue weighted by Crippen LogP contribution is -2.29. The Hall–Kier alpha value is -3.06. The topological polar surface area (TPSA) is 87.7 Å². The lowest BCUT2D eigenvalue weighted by Gasteiger charge is -2.18. The highest BCUT2D eigenvalue weighted by atomic mass is 35.5. The van der Waals surface area contributed by atoms with Crippen molar-refractivity contribution in [3.8, 4) is 5.75 Å². The summed E-state index contributed by atoms with van der Waals surface area (Å²) in [6, 6.07) is 11.9. The highest BCUT2D eigenvalue weighted by Gasteiger charge is 2.23. The van der Waals surface area contributed by atoms with Crippen LogP contribution in [0.2, 0.25) is 5.02 Å². The van der Waals surface area contributed by atoms with Crippen LogP contribution in [0.15, 0.2) is 42.5 Å². The van der Waals surface area contributed by atoms with Crippen LogP contribution in [0.5, 0.6) is 5.75 Å². The molecule has 7 nitrogen and oxygen atoms in total. The molecule has 1 aliphatic rings. The smallest absolute Gasteiger partial charge is 0.256 e. The average Bonchev–Trinajstić information content (AvgIpc) is 3.33. The van der Waals surface area contributed by atoms with Crippen LogP contribution in [-0.4, -0.2) is 48.9 Å². The molecule has 0 spiro atoms. The number of amides is 3. The van der Waals surface area contributed by atoms with Gasteiger partial charge in [0.1, 0.15) is 5.75 Å². The molecule has 1 heterocycles. The third-order valence-electron chi connectivity index (χ3n) is 5.18. The SMILES string of the molecule is CCOc1ccccc1C(=O)NCCCC(=O)Nc1ccc(Cl)cc1C(=O)N1CCCC1. The first-order valence-electron chi connectivity index (χ1n) is 10.9. The fourth-order valence-electron chi connectivity index (χ4n) is 3.59. The van der Waals surface area contributed by atoms with E-state index in [4.69, 9.17) is 16.3 Å². The molecule has 32 heavy (non-hydrogen) atoms. The number of carbonyl (C=O) groups excluding carboxylic acids is 3. The van der Waals surface area contributed by atoms with Crippen LogP contribution >= 0.6 is 11.6 Å². The molecule has 1 saturated heterocycles. The van der Waals surface area contributed by atoms with Crippen molar-refractivity contribution in [2.75, 3.05) is 31.6 Å². The molecule has 0 radical (unpaired) electrons. The van der Waals surface area contributed by atoms with E-state index in [1.165, 1.54) is 0 Å². The number of nitrogens with one attached hydrogen (secondary N) is 2. The van der Waals surface area contributed by atoms with Gasteiger partial charge in [0.15, 0.2) is 0 Å². The zero-order valence-electron chi connectivity index (χ0n) is 18.2. The summed E-state index contributed by atoms with van der Waals surface area (Å²) in [5.74, 6) is -0.0684. The minimum absolute atomic E-state index is 0.125. The Balaban J connectivity index is 1.51. The van der Waals surface area contributed by atoms with Gasteiger partial charge in [0, 0.05) is 31.1 Å². The van der Waals surface area contributed by atoms with Crippen LogP contribution in [0, 0.1) is 0 Å². The van der Waals surface area contributed by atoms with Crippen LogP contribution in [0.25, 0.3) is 0 Å². The van der Waals surface area contributed by atoms with Crippen LogP contribution in [0.4, 0.5) is 5.69 Å². The van der Waals surface area contributed by atoms with Crippen molar-refractivity contribution in [2.45, 2.75) is 32.6 Å². The van der Waals surface area contributed by atoms with Gasteiger partial charge in [-0.3, -0.25) is 14.4 Å². The van der Waals surface area contributed by atoms with Gasteiger partial charge < -0.3 is 20.3 Å². The van der Waals surface area contributed by atoms with Gasteiger partial charge in [0.25, 0.3) is 11.8 Å². The van der Waals surface area contributed by atoms with Crippen LogP contribution in [0.3, 0.4) is 0 Å². The number of rotatable bonds is 9. The first kappa shape index (κ1) is 23.6. The summed E-state index contributed by atoms with van der Waals surface area (Å²) in [6.07, 6.45) is 2.62. The van der Waals surface area contributed by atoms with Crippen molar-refractivity contribution >= 4 is 35.0 Å². The van der Waals surface area contributed by atoms with Crippen molar-refractivity contribution in [1.82, 2.24) is 10.2 Å². The summed E-state index contributed by atoms with van der Waals surface area (Å²) in [6.45, 7) is 4.10. The number of hydrogen-bond donors (Lipinski definition) is 2. The predicted molar refractivity (Wildman–Crippen MR) is 124 cm³/mol. The quantitative estimate of drug-likeness (QED) is 0.554. The van der Waals surface area contributed by atoms with Gasteiger partial charge in [-0.1, -0.05) is 23.7 Å². The number of benzene rings is 2. The lowest BCUT2D eigenvalue weighted by molar-refractivity contribution is -0.116. The van der Waals surface area contributed by atoms with Crippen molar-refractivity contribution < 1.29 is 19.1 Å². The van der Waals surface area contributed by atoms with E-state index in [2.05, 4.69) is 10.6 Å². The van der Waals surface area contributed by atoms with E-state index in [1.807, 2.05) is 13.0 Å². The molecular weight excluding hydrogens is 430 g/mol. The second kappa shape index (κ2) is 11.5. The largest absolute Gasteiger partial charge is 0.493 e. The van der Waals surface area contributed by atoms with E-state index in [9.17, 15) is 14.4 Å². The standard InChI is InChI=1S/C24H28ClN3O4/c1-2-32-21-9-4-3-8-18(21)23(30)26-13-7-10-22(29)27-20-12-11-17(25)16-19(20)24(31)28-14-5-6-15-28/h3-4,8-9,11-12,16H,2,5-7,10,13-15H2,1H3,(H,26,30)(H,27,29). The maximum atomic E-state index is 12.8. The molecule has 0 unspecified atom stereocenters. The number of carbonyl (C=O) groups is 3. The minimum Gasteiger partial charge on any atom is -0.493 e. The molecule has 170 valence electrons. The zero-order chi connectivity index (χ0) is 22.9. The van der Waals surface area contributed by atoms with Gasteiger partial charge in [-0.05, 0) is 56.5 Å². The van der Waals surface area contributed by atoms with Crippen LogP contribution < -0.4 is 15.4 Å². The summed E-state index contributed by atoms with van der Waals surface area (Å²) >= 11 is 6.08. The summed E-state index contributed by atoms with van der Waals surface area (Å²) in [7, 11) is 0. The van der Waals surface area contributed by atoms with Crippen molar-refractivity contribution in [1.29, 1.82) is 0 Å². The molecule has 1 aliphatic heterocycles. The van der Waals surface area contributed by atoms with E-state index < -0.39 is 0 Å². The van der Waals surface area contributed by atoms with Gasteiger partial charge in [-0.2, -0.15) is 0 Å². The second-order valence-electron chi connectivity index (χ2n) is 7.53. The molecule has 8 heteroatoms. The Bertz CT molecular complexity index is 973. The molecule has 0 aromatic heterocycles. The number of anilines is 1. The number of ether oxygens (including phenoxy) is 1. The Morgan fingerprint density at radius 3 is 2.56 bits per heavy atom. The van der Waals surface area contributed by atoms with E-state index >= 15 is 0 Å². The molecule has 0 atom stereocenters. The second-order valence-corrected chi connectivity index (χ2v) is 7.96. The van der Waals surface area contributed by atoms with E-state index in [0.717, 1.165) is 12.8 Å².